The van der Waals surface area contributed by atoms with Crippen LogP contribution in [0.4, 0.5) is 0 Å². The first-order valence-corrected chi connectivity index (χ1v) is 12.6. The number of aryl methyl sites for hydroxylation is 2. The number of nitrogens with zero attached hydrogens (tertiary/aromatic N) is 3. The molecule has 0 amide bonds. The van der Waals surface area contributed by atoms with Crippen molar-refractivity contribution in [3.05, 3.63) is 20.8 Å². The second-order valence-corrected chi connectivity index (χ2v) is 9.13. The van der Waals surface area contributed by atoms with Crippen LogP contribution in [0.25, 0.3) is 11.2 Å². The summed E-state index contributed by atoms with van der Waals surface area (Å²) in [4.78, 5) is 31.3. The Labute approximate surface area is 187 Å². The summed E-state index contributed by atoms with van der Waals surface area (Å²) in [6, 6.07) is 0. The Morgan fingerprint density at radius 2 is 1.67 bits per heavy atom. The molecule has 7 nitrogen and oxygen atoms in total. The normalized spacial score (nSPS) is 12.7. The van der Waals surface area contributed by atoms with Gasteiger partial charge in [0.2, 0.25) is 0 Å². The monoisotopic (exact) mass is 458 g/mol. The first kappa shape index (κ1) is 25.0. The Kier molecular flexibility index (Phi) is 11.0. The molecular formula is C21H35ClN4O3S. The van der Waals surface area contributed by atoms with Crippen LogP contribution in [0, 0.1) is 0 Å². The lowest BCUT2D eigenvalue weighted by molar-refractivity contribution is 0.223. The molecule has 2 N–H and O–H groups in total. The molecule has 2 heterocycles. The lowest BCUT2D eigenvalue weighted by atomic mass is 10.1. The van der Waals surface area contributed by atoms with Crippen molar-refractivity contribution in [3.63, 3.8) is 0 Å². The molecule has 0 spiro atoms. The van der Waals surface area contributed by atoms with Gasteiger partial charge in [-0.2, -0.15) is 0 Å². The van der Waals surface area contributed by atoms with Gasteiger partial charge in [0.15, 0.2) is 16.3 Å². The molecule has 0 radical (unpaired) electrons. The maximum absolute atomic E-state index is 12.5. The first-order chi connectivity index (χ1) is 14.5. The number of nitrogens with one attached hydrogen (secondary N) is 1. The van der Waals surface area contributed by atoms with Crippen LogP contribution in [0.2, 0.25) is 0 Å². The summed E-state index contributed by atoms with van der Waals surface area (Å²) in [5, 5.41) is 10.4. The minimum absolute atomic E-state index is 0.144. The smallest absolute Gasteiger partial charge is 0.329 e. The van der Waals surface area contributed by atoms with Crippen molar-refractivity contribution >= 4 is 34.5 Å². The molecule has 0 aliphatic heterocycles. The van der Waals surface area contributed by atoms with Crippen LogP contribution in [0.5, 0.6) is 0 Å². The standard InChI is InChI=1S/C21H35ClN4O3S/c1-3-4-5-6-7-8-9-10-11-12-13-26-17-18(25(2)20(29)24-19(17)28)23-21(26)30-15-16(27)14-22/h16,27H,3-15H2,1-2H3,(H,24,28,29)/t16-/m1/s1. The van der Waals surface area contributed by atoms with E-state index in [0.717, 1.165) is 12.8 Å². The summed E-state index contributed by atoms with van der Waals surface area (Å²) in [6.45, 7) is 2.90. The number of thioether (sulfide) groups is 1. The van der Waals surface area contributed by atoms with Crippen LogP contribution in [0.3, 0.4) is 0 Å². The molecule has 0 saturated heterocycles. The zero-order valence-electron chi connectivity index (χ0n) is 18.2. The molecular weight excluding hydrogens is 424 g/mol. The van der Waals surface area contributed by atoms with Gasteiger partial charge >= 0.3 is 5.69 Å². The third-order valence-electron chi connectivity index (χ3n) is 5.29. The highest BCUT2D eigenvalue weighted by Gasteiger charge is 2.18. The highest BCUT2D eigenvalue weighted by Crippen LogP contribution is 2.23. The zero-order valence-corrected chi connectivity index (χ0v) is 19.7. The van der Waals surface area contributed by atoms with E-state index in [1.165, 1.54) is 67.7 Å². The molecule has 2 rings (SSSR count). The van der Waals surface area contributed by atoms with E-state index >= 15 is 0 Å². The number of fused-ring (bicyclic) bond motifs is 1. The highest BCUT2D eigenvalue weighted by molar-refractivity contribution is 7.99. The van der Waals surface area contributed by atoms with E-state index in [1.54, 1.807) is 7.05 Å². The Morgan fingerprint density at radius 3 is 2.27 bits per heavy atom. The molecule has 170 valence electrons. The van der Waals surface area contributed by atoms with Gasteiger partial charge in [-0.15, -0.1) is 11.6 Å². The summed E-state index contributed by atoms with van der Waals surface area (Å²) < 4.78 is 3.23. The first-order valence-electron chi connectivity index (χ1n) is 11.1. The molecule has 1 atom stereocenters. The summed E-state index contributed by atoms with van der Waals surface area (Å²) in [6.07, 6.45) is 11.7. The molecule has 0 bridgehead atoms. The van der Waals surface area contributed by atoms with Gasteiger partial charge in [-0.3, -0.25) is 14.3 Å². The third-order valence-corrected chi connectivity index (χ3v) is 6.77. The lowest BCUT2D eigenvalue weighted by Crippen LogP contribution is -2.29. The lowest BCUT2D eigenvalue weighted by Gasteiger charge is -2.10. The summed E-state index contributed by atoms with van der Waals surface area (Å²) in [5.41, 5.74) is -0.111. The average Bonchev–Trinajstić information content (AvgIpc) is 3.10. The van der Waals surface area contributed by atoms with Gasteiger partial charge in [0.05, 0.1) is 6.10 Å². The van der Waals surface area contributed by atoms with E-state index in [1.807, 2.05) is 4.57 Å². The number of aliphatic hydroxyl groups is 1. The Balaban J connectivity index is 1.97. The molecule has 9 heteroatoms. The van der Waals surface area contributed by atoms with Crippen LogP contribution < -0.4 is 11.2 Å². The molecule has 0 unspecified atom stereocenters. The summed E-state index contributed by atoms with van der Waals surface area (Å²) in [7, 11) is 1.60. The van der Waals surface area contributed by atoms with Crippen molar-refractivity contribution in [2.24, 2.45) is 7.05 Å². The van der Waals surface area contributed by atoms with Crippen LogP contribution in [0.15, 0.2) is 14.7 Å². The number of aliphatic hydroxyl groups excluding tert-OH is 1. The van der Waals surface area contributed by atoms with E-state index in [4.69, 9.17) is 11.6 Å². The number of H-pyrrole nitrogens is 1. The fourth-order valence-electron chi connectivity index (χ4n) is 3.50. The molecule has 2 aromatic rings. The second-order valence-electron chi connectivity index (χ2n) is 7.84. The largest absolute Gasteiger partial charge is 0.391 e. The number of rotatable bonds is 15. The zero-order chi connectivity index (χ0) is 21.9. The van der Waals surface area contributed by atoms with Crippen LogP contribution >= 0.6 is 23.4 Å². The third kappa shape index (κ3) is 7.17. The summed E-state index contributed by atoms with van der Waals surface area (Å²) in [5.74, 6) is 0.529. The maximum Gasteiger partial charge on any atom is 0.329 e. The van der Waals surface area contributed by atoms with Gasteiger partial charge in [-0.1, -0.05) is 76.5 Å². The Morgan fingerprint density at radius 1 is 1.07 bits per heavy atom. The molecule has 0 saturated carbocycles. The molecule has 30 heavy (non-hydrogen) atoms. The number of unbranched alkanes of at least 4 members (excludes halogenated alkanes) is 9. The molecule has 0 aliphatic rings. The molecule has 2 aromatic heterocycles. The van der Waals surface area contributed by atoms with Gasteiger partial charge < -0.3 is 9.67 Å². The predicted molar refractivity (Wildman–Crippen MR) is 125 cm³/mol. The Hall–Kier alpha value is -1.25. The van der Waals surface area contributed by atoms with Gasteiger partial charge in [0, 0.05) is 25.2 Å². The van der Waals surface area contributed by atoms with Crippen molar-refractivity contribution in [3.8, 4) is 0 Å². The molecule has 0 aliphatic carbocycles. The fraction of sp³-hybridized carbons (Fsp3) is 0.762. The number of hydrogen-bond acceptors (Lipinski definition) is 5. The van der Waals surface area contributed by atoms with E-state index in [-0.39, 0.29) is 5.88 Å². The Bertz CT molecular complexity index is 893. The topological polar surface area (TPSA) is 92.9 Å². The second kappa shape index (κ2) is 13.2. The van der Waals surface area contributed by atoms with Crippen LogP contribution in [0.1, 0.15) is 71.1 Å². The number of halogens is 1. The van der Waals surface area contributed by atoms with Crippen molar-refractivity contribution in [2.45, 2.75) is 88.9 Å². The fourth-order valence-corrected chi connectivity index (χ4v) is 4.69. The maximum atomic E-state index is 12.5. The van der Waals surface area contributed by atoms with Crippen molar-refractivity contribution in [1.29, 1.82) is 0 Å². The number of imidazole rings is 1. The van der Waals surface area contributed by atoms with Gasteiger partial charge in [0.25, 0.3) is 5.56 Å². The molecule has 0 aromatic carbocycles. The van der Waals surface area contributed by atoms with E-state index < -0.39 is 17.4 Å². The van der Waals surface area contributed by atoms with Crippen molar-refractivity contribution < 1.29 is 5.11 Å². The number of alkyl halides is 1. The van der Waals surface area contributed by atoms with Gasteiger partial charge in [-0.25, -0.2) is 9.78 Å². The van der Waals surface area contributed by atoms with E-state index in [9.17, 15) is 14.7 Å². The number of aromatic amines is 1. The van der Waals surface area contributed by atoms with E-state index in [2.05, 4.69) is 16.9 Å². The predicted octanol–water partition coefficient (Wildman–Crippen LogP) is 4.04. The van der Waals surface area contributed by atoms with Gasteiger partial charge in [-0.05, 0) is 6.42 Å². The van der Waals surface area contributed by atoms with Crippen molar-refractivity contribution in [2.75, 3.05) is 11.6 Å². The number of hydrogen-bond donors (Lipinski definition) is 2. The average molecular weight is 459 g/mol. The van der Waals surface area contributed by atoms with E-state index in [0.29, 0.717) is 28.6 Å². The van der Waals surface area contributed by atoms with Crippen LogP contribution in [-0.4, -0.2) is 41.9 Å². The highest BCUT2D eigenvalue weighted by atomic mass is 35.5. The summed E-state index contributed by atoms with van der Waals surface area (Å²) >= 11 is 7.06. The van der Waals surface area contributed by atoms with Crippen LogP contribution in [-0.2, 0) is 13.6 Å². The molecule has 0 fully saturated rings. The van der Waals surface area contributed by atoms with Crippen molar-refractivity contribution in [1.82, 2.24) is 19.1 Å². The quantitative estimate of drug-likeness (QED) is 0.239. The number of aromatic nitrogens is 4. The minimum Gasteiger partial charge on any atom is -0.391 e. The minimum atomic E-state index is -0.649. The SMILES string of the molecule is CCCCCCCCCCCCn1c(SC[C@H](O)CCl)nc2c1c(=O)[nH]c(=O)n2C. The van der Waals surface area contributed by atoms with Gasteiger partial charge in [0.1, 0.15) is 0 Å².